The number of carbonyl (C=O) groups is 6. The van der Waals surface area contributed by atoms with Crippen molar-refractivity contribution in [3.05, 3.63) is 106 Å². The van der Waals surface area contributed by atoms with Crippen molar-refractivity contribution in [2.24, 2.45) is 0 Å². The Bertz CT molecular complexity index is 2520. The fourth-order valence-electron chi connectivity index (χ4n) is 5.41. The number of aromatic nitrogens is 12. The fourth-order valence-corrected chi connectivity index (χ4v) is 5.41. The molecule has 0 saturated heterocycles. The summed E-state index contributed by atoms with van der Waals surface area (Å²) in [7, 11) is 0. The molecule has 7 rings (SSSR count). The molecule has 0 fully saturated rings. The van der Waals surface area contributed by atoms with Crippen molar-refractivity contribution in [2.75, 3.05) is 0 Å². The molecule has 3 heterocycles. The van der Waals surface area contributed by atoms with Gasteiger partial charge in [-0.1, -0.05) is 0 Å². The number of benzene rings is 4. The number of nitrogens with zero attached hydrogens (tertiary/aromatic N) is 12. The van der Waals surface area contributed by atoms with Crippen molar-refractivity contribution in [1.29, 1.82) is 0 Å². The van der Waals surface area contributed by atoms with E-state index in [1.165, 1.54) is 18.2 Å². The van der Waals surface area contributed by atoms with Gasteiger partial charge in [-0.2, -0.15) is 0 Å². The summed E-state index contributed by atoms with van der Waals surface area (Å²) >= 11 is 0. The standard InChI is InChI=1S/C36H18N12O12/c49-31(50)19-4-16(5-20(10-19)32(51)52)28-43-37-25(38-44-28)13-1-14(26-39-45-29(46-40-26)17-6-21(33(53)54)11-22(7-17)34(55)56)3-15(2-13)27-41-47-30(48-42-27)18-8-23(35(57)58)12-24(9-18)36(59)60/h1-12H,(H,49,50)(H,51,52)(H,53,54)(H,55,56)(H,57,58)(H,59,60). The van der Waals surface area contributed by atoms with Crippen LogP contribution >= 0.6 is 0 Å². The van der Waals surface area contributed by atoms with Crippen LogP contribution < -0.4 is 0 Å². The average Bonchev–Trinajstić information content (AvgIpc) is 3.25. The number of carboxylic acid groups (broad SMARTS) is 6. The summed E-state index contributed by atoms with van der Waals surface area (Å²) in [5.74, 6) is -9.56. The van der Waals surface area contributed by atoms with Crippen LogP contribution in [0.1, 0.15) is 62.1 Å². The Labute approximate surface area is 330 Å². The predicted molar refractivity (Wildman–Crippen MR) is 194 cm³/mol. The minimum atomic E-state index is -1.41. The molecule has 24 nitrogen and oxygen atoms in total. The Morgan fingerprint density at radius 3 is 0.500 bits per heavy atom. The minimum Gasteiger partial charge on any atom is -0.478 e. The van der Waals surface area contributed by atoms with Gasteiger partial charge in [-0.05, 0) is 72.8 Å². The summed E-state index contributed by atoms with van der Waals surface area (Å²) in [5.41, 5.74) is -1.72. The lowest BCUT2D eigenvalue weighted by molar-refractivity contribution is 0.0676. The quantitative estimate of drug-likeness (QED) is 0.103. The molecule has 24 heteroatoms. The zero-order valence-corrected chi connectivity index (χ0v) is 29.4. The zero-order valence-electron chi connectivity index (χ0n) is 29.4. The molecule has 0 saturated carbocycles. The third kappa shape index (κ3) is 8.07. The first-order valence-corrected chi connectivity index (χ1v) is 16.4. The molecule has 0 aliphatic carbocycles. The predicted octanol–water partition coefficient (Wildman–Crippen LogP) is 2.62. The van der Waals surface area contributed by atoms with E-state index in [1.54, 1.807) is 0 Å². The van der Waals surface area contributed by atoms with Gasteiger partial charge in [-0.3, -0.25) is 0 Å². The summed E-state index contributed by atoms with van der Waals surface area (Å²) in [6.45, 7) is 0. The van der Waals surface area contributed by atoms with Gasteiger partial charge in [0.2, 0.25) is 34.9 Å². The Morgan fingerprint density at radius 1 is 0.233 bits per heavy atom. The van der Waals surface area contributed by atoms with Gasteiger partial charge in [0.05, 0.1) is 33.4 Å². The van der Waals surface area contributed by atoms with E-state index in [0.29, 0.717) is 0 Å². The molecular weight excluding hydrogens is 792 g/mol. The topological polar surface area (TPSA) is 378 Å². The minimum absolute atomic E-state index is 0.0155. The maximum absolute atomic E-state index is 11.6. The summed E-state index contributed by atoms with van der Waals surface area (Å²) < 4.78 is 0. The van der Waals surface area contributed by atoms with Crippen LogP contribution in [0.4, 0.5) is 0 Å². The molecule has 60 heavy (non-hydrogen) atoms. The first-order chi connectivity index (χ1) is 28.6. The average molecular weight is 811 g/mol. The molecule has 4 aromatic carbocycles. The largest absolute Gasteiger partial charge is 0.478 e. The monoisotopic (exact) mass is 810 g/mol. The first-order valence-electron chi connectivity index (χ1n) is 16.4. The molecule has 294 valence electrons. The van der Waals surface area contributed by atoms with Crippen LogP contribution in [0.3, 0.4) is 0 Å². The lowest BCUT2D eigenvalue weighted by Gasteiger charge is -2.08. The van der Waals surface area contributed by atoms with E-state index in [0.717, 1.165) is 54.6 Å². The summed E-state index contributed by atoms with van der Waals surface area (Å²) in [4.78, 5) is 69.8. The van der Waals surface area contributed by atoms with Crippen LogP contribution in [0.2, 0.25) is 0 Å². The van der Waals surface area contributed by atoms with Crippen molar-refractivity contribution in [2.45, 2.75) is 0 Å². The van der Waals surface area contributed by atoms with Crippen LogP contribution in [-0.4, -0.2) is 128 Å². The number of aromatic carboxylic acids is 6. The van der Waals surface area contributed by atoms with Crippen molar-refractivity contribution >= 4 is 35.8 Å². The Balaban J connectivity index is 1.31. The van der Waals surface area contributed by atoms with Gasteiger partial charge in [0, 0.05) is 33.4 Å². The molecule has 0 amide bonds. The normalized spacial score (nSPS) is 10.8. The molecule has 0 aliphatic rings. The lowest BCUT2D eigenvalue weighted by Crippen LogP contribution is -2.06. The van der Waals surface area contributed by atoms with E-state index in [4.69, 9.17) is 0 Å². The molecule has 0 bridgehead atoms. The number of hydrogen-bond donors (Lipinski definition) is 6. The van der Waals surface area contributed by atoms with Gasteiger partial charge in [-0.15, -0.1) is 61.2 Å². The third-order valence-corrected chi connectivity index (χ3v) is 8.20. The van der Waals surface area contributed by atoms with Crippen LogP contribution in [0.25, 0.3) is 68.3 Å². The van der Waals surface area contributed by atoms with E-state index in [9.17, 15) is 59.4 Å². The first kappa shape index (κ1) is 38.8. The van der Waals surface area contributed by atoms with Gasteiger partial charge < -0.3 is 30.6 Å². The number of hydrogen-bond acceptors (Lipinski definition) is 18. The highest BCUT2D eigenvalue weighted by molar-refractivity contribution is 5.97. The van der Waals surface area contributed by atoms with E-state index in [2.05, 4.69) is 61.2 Å². The summed E-state index contributed by atoms with van der Waals surface area (Å²) in [6.07, 6.45) is 0. The molecule has 6 N–H and O–H groups in total. The number of carboxylic acids is 6. The van der Waals surface area contributed by atoms with Gasteiger partial charge in [0.1, 0.15) is 0 Å². The van der Waals surface area contributed by atoms with E-state index in [-0.39, 0.29) is 102 Å². The highest BCUT2D eigenvalue weighted by Gasteiger charge is 2.20. The Morgan fingerprint density at radius 2 is 0.367 bits per heavy atom. The highest BCUT2D eigenvalue weighted by atomic mass is 16.4. The molecule has 0 unspecified atom stereocenters. The van der Waals surface area contributed by atoms with Crippen LogP contribution in [0.15, 0.2) is 72.8 Å². The van der Waals surface area contributed by atoms with Gasteiger partial charge in [0.25, 0.3) is 0 Å². The molecule has 0 spiro atoms. The van der Waals surface area contributed by atoms with Crippen LogP contribution in [0.5, 0.6) is 0 Å². The summed E-state index contributed by atoms with van der Waals surface area (Å²) in [5, 5.41) is 105. The molecule has 3 aromatic heterocycles. The second kappa shape index (κ2) is 15.6. The van der Waals surface area contributed by atoms with Crippen molar-refractivity contribution in [1.82, 2.24) is 61.2 Å². The van der Waals surface area contributed by atoms with E-state index >= 15 is 0 Å². The molecule has 0 radical (unpaired) electrons. The van der Waals surface area contributed by atoms with Crippen molar-refractivity contribution in [3.8, 4) is 68.3 Å². The van der Waals surface area contributed by atoms with Crippen LogP contribution in [0, 0.1) is 0 Å². The van der Waals surface area contributed by atoms with Gasteiger partial charge in [0.15, 0.2) is 0 Å². The van der Waals surface area contributed by atoms with E-state index < -0.39 is 35.8 Å². The molecule has 0 aliphatic heterocycles. The van der Waals surface area contributed by atoms with Gasteiger partial charge in [-0.25, -0.2) is 28.8 Å². The SMILES string of the molecule is O=C(O)c1cc(C(=O)O)cc(-c2nnc(-c3cc(-c4nnc(-c5cc(C(=O)O)cc(C(=O)O)c5)nn4)cc(-c4nnc(-c5cc(C(=O)O)cc(C(=O)O)c5)nn4)c3)nn2)c1. The van der Waals surface area contributed by atoms with Crippen LogP contribution in [-0.2, 0) is 0 Å². The number of rotatable bonds is 12. The Kier molecular flexibility index (Phi) is 10.1. The second-order valence-electron chi connectivity index (χ2n) is 12.2. The van der Waals surface area contributed by atoms with Crippen molar-refractivity contribution in [3.63, 3.8) is 0 Å². The maximum Gasteiger partial charge on any atom is 0.335 e. The molecule has 7 aromatic rings. The van der Waals surface area contributed by atoms with Gasteiger partial charge >= 0.3 is 35.8 Å². The van der Waals surface area contributed by atoms with E-state index in [1.807, 2.05) is 0 Å². The van der Waals surface area contributed by atoms with Crippen molar-refractivity contribution < 1.29 is 59.4 Å². The highest BCUT2D eigenvalue weighted by Crippen LogP contribution is 2.30. The summed E-state index contributed by atoms with van der Waals surface area (Å²) in [6, 6.07) is 14.0. The Hall–Kier alpha value is -9.48. The zero-order chi connectivity index (χ0) is 42.8. The fraction of sp³-hybridized carbons (Fsp3) is 0. The third-order valence-electron chi connectivity index (χ3n) is 8.20. The maximum atomic E-state index is 11.6. The molecular formula is C36H18N12O12. The molecule has 0 atom stereocenters. The smallest absolute Gasteiger partial charge is 0.335 e. The second-order valence-corrected chi connectivity index (χ2v) is 12.2. The lowest BCUT2D eigenvalue weighted by atomic mass is 10.0.